The van der Waals surface area contributed by atoms with E-state index in [9.17, 15) is 9.59 Å². The van der Waals surface area contributed by atoms with Crippen molar-refractivity contribution in [1.29, 1.82) is 0 Å². The lowest BCUT2D eigenvalue weighted by molar-refractivity contribution is -0.132. The predicted molar refractivity (Wildman–Crippen MR) is 83.0 cm³/mol. The van der Waals surface area contributed by atoms with Crippen molar-refractivity contribution in [3.05, 3.63) is 47.5 Å². The Morgan fingerprint density at radius 3 is 2.71 bits per heavy atom. The topological polar surface area (TPSA) is 49.4 Å². The van der Waals surface area contributed by atoms with Gasteiger partial charge in [-0.25, -0.2) is 0 Å². The van der Waals surface area contributed by atoms with Gasteiger partial charge in [0.25, 0.3) is 0 Å². The third-order valence-electron chi connectivity index (χ3n) is 3.71. The van der Waals surface area contributed by atoms with Crippen LogP contribution in [0, 0.1) is 0 Å². The monoisotopic (exact) mass is 306 g/mol. The third-order valence-corrected chi connectivity index (χ3v) is 3.94. The van der Waals surface area contributed by atoms with Crippen molar-refractivity contribution in [1.82, 2.24) is 10.2 Å². The van der Waals surface area contributed by atoms with E-state index in [4.69, 9.17) is 11.6 Å². The van der Waals surface area contributed by atoms with Gasteiger partial charge in [-0.3, -0.25) is 9.59 Å². The Hall–Kier alpha value is -1.81. The highest BCUT2D eigenvalue weighted by molar-refractivity contribution is 6.30. The van der Waals surface area contributed by atoms with Crippen LogP contribution in [-0.2, 0) is 15.1 Å². The number of hydrogen-bond acceptors (Lipinski definition) is 2. The lowest BCUT2D eigenvalue weighted by Crippen LogP contribution is -2.43. The van der Waals surface area contributed by atoms with Crippen LogP contribution < -0.4 is 5.32 Å². The minimum Gasteiger partial charge on any atom is -0.345 e. The summed E-state index contributed by atoms with van der Waals surface area (Å²) in [6.07, 6.45) is 3.00. The molecule has 0 bridgehead atoms. The number of nitrogens with zero attached hydrogens (tertiary/aromatic N) is 1. The van der Waals surface area contributed by atoms with E-state index in [1.807, 2.05) is 31.2 Å². The number of carbonyl (C=O) groups excluding carboxylic acids is 2. The van der Waals surface area contributed by atoms with Crippen molar-refractivity contribution in [2.24, 2.45) is 0 Å². The molecule has 2 rings (SSSR count). The second-order valence-corrected chi connectivity index (χ2v) is 5.63. The second-order valence-electron chi connectivity index (χ2n) is 5.20. The van der Waals surface area contributed by atoms with Gasteiger partial charge >= 0.3 is 0 Å². The fraction of sp³-hybridized carbons (Fsp3) is 0.375. The van der Waals surface area contributed by atoms with E-state index in [0.717, 1.165) is 18.4 Å². The van der Waals surface area contributed by atoms with Crippen molar-refractivity contribution >= 4 is 23.4 Å². The van der Waals surface area contributed by atoms with Gasteiger partial charge in [0.15, 0.2) is 0 Å². The van der Waals surface area contributed by atoms with Gasteiger partial charge in [-0.15, -0.1) is 0 Å². The average Bonchev–Trinajstić information content (AvgIpc) is 3.24. The summed E-state index contributed by atoms with van der Waals surface area (Å²) >= 11 is 6.01. The molecule has 1 N–H and O–H groups in total. The summed E-state index contributed by atoms with van der Waals surface area (Å²) in [5.74, 6) is -0.398. The fourth-order valence-electron chi connectivity index (χ4n) is 2.35. The molecule has 0 spiro atoms. The summed E-state index contributed by atoms with van der Waals surface area (Å²) in [5, 5.41) is 3.69. The Balaban J connectivity index is 2.02. The normalized spacial score (nSPS) is 15.1. The van der Waals surface area contributed by atoms with Gasteiger partial charge in [-0.05, 0) is 43.5 Å². The van der Waals surface area contributed by atoms with Crippen molar-refractivity contribution in [3.8, 4) is 0 Å². The standard InChI is InChI=1S/C16H19ClN2O2/c1-3-15(21)19(4-2)11-14(20)18-16(8-9-16)12-6-5-7-13(17)10-12/h3,5-7,10H,1,4,8-9,11H2,2H3,(H,18,20). The highest BCUT2D eigenvalue weighted by atomic mass is 35.5. The minimum atomic E-state index is -0.321. The molecule has 1 aromatic rings. The Bertz CT molecular complexity index is 567. The first-order valence-corrected chi connectivity index (χ1v) is 7.37. The maximum Gasteiger partial charge on any atom is 0.246 e. The molecule has 2 amide bonds. The van der Waals surface area contributed by atoms with E-state index < -0.39 is 0 Å². The van der Waals surface area contributed by atoms with Crippen LogP contribution in [0.2, 0.25) is 5.02 Å². The van der Waals surface area contributed by atoms with E-state index >= 15 is 0 Å². The summed E-state index contributed by atoms with van der Waals surface area (Å²) < 4.78 is 0. The largest absolute Gasteiger partial charge is 0.345 e. The molecule has 0 aliphatic heterocycles. The van der Waals surface area contributed by atoms with Crippen LogP contribution in [-0.4, -0.2) is 29.8 Å². The third kappa shape index (κ3) is 3.64. The molecule has 4 nitrogen and oxygen atoms in total. The zero-order chi connectivity index (χ0) is 15.5. The van der Waals surface area contributed by atoms with E-state index in [2.05, 4.69) is 11.9 Å². The molecule has 1 aromatic carbocycles. The molecule has 0 unspecified atom stereocenters. The quantitative estimate of drug-likeness (QED) is 0.821. The Morgan fingerprint density at radius 1 is 1.48 bits per heavy atom. The molecule has 112 valence electrons. The molecule has 0 atom stereocenters. The molecule has 0 heterocycles. The fourth-order valence-corrected chi connectivity index (χ4v) is 2.54. The smallest absolute Gasteiger partial charge is 0.246 e. The van der Waals surface area contributed by atoms with Gasteiger partial charge < -0.3 is 10.2 Å². The van der Waals surface area contributed by atoms with Gasteiger partial charge in [0.1, 0.15) is 0 Å². The van der Waals surface area contributed by atoms with Crippen LogP contribution in [0.4, 0.5) is 0 Å². The lowest BCUT2D eigenvalue weighted by Gasteiger charge is -2.22. The minimum absolute atomic E-state index is 0.0453. The molecule has 21 heavy (non-hydrogen) atoms. The number of rotatable bonds is 6. The summed E-state index contributed by atoms with van der Waals surface area (Å²) in [4.78, 5) is 25.2. The first kappa shape index (κ1) is 15.6. The maximum atomic E-state index is 12.2. The van der Waals surface area contributed by atoms with Gasteiger partial charge in [-0.1, -0.05) is 30.3 Å². The Kier molecular flexibility index (Phi) is 4.68. The molecule has 1 saturated carbocycles. The molecular weight excluding hydrogens is 288 g/mol. The molecule has 0 radical (unpaired) electrons. The van der Waals surface area contributed by atoms with E-state index in [1.165, 1.54) is 11.0 Å². The van der Waals surface area contributed by atoms with Crippen LogP contribution in [0.3, 0.4) is 0 Å². The van der Waals surface area contributed by atoms with Gasteiger partial charge in [-0.2, -0.15) is 0 Å². The van der Waals surface area contributed by atoms with Crippen molar-refractivity contribution in [3.63, 3.8) is 0 Å². The summed E-state index contributed by atoms with van der Waals surface area (Å²) in [6.45, 7) is 5.80. The van der Waals surface area contributed by atoms with E-state index in [1.54, 1.807) is 0 Å². The summed E-state index contributed by atoms with van der Waals surface area (Å²) in [6, 6.07) is 7.53. The van der Waals surface area contributed by atoms with Crippen LogP contribution in [0.25, 0.3) is 0 Å². The number of benzene rings is 1. The molecular formula is C16H19ClN2O2. The highest BCUT2D eigenvalue weighted by Crippen LogP contribution is 2.45. The lowest BCUT2D eigenvalue weighted by atomic mass is 10.1. The zero-order valence-electron chi connectivity index (χ0n) is 12.1. The second kappa shape index (κ2) is 6.31. The van der Waals surface area contributed by atoms with Gasteiger partial charge in [0.05, 0.1) is 12.1 Å². The first-order valence-electron chi connectivity index (χ1n) is 6.99. The Morgan fingerprint density at radius 2 is 2.19 bits per heavy atom. The van der Waals surface area contributed by atoms with Gasteiger partial charge in [0, 0.05) is 11.6 Å². The zero-order valence-corrected chi connectivity index (χ0v) is 12.8. The van der Waals surface area contributed by atoms with Crippen molar-refractivity contribution in [2.45, 2.75) is 25.3 Å². The van der Waals surface area contributed by atoms with Crippen LogP contribution in [0.15, 0.2) is 36.9 Å². The molecule has 1 fully saturated rings. The van der Waals surface area contributed by atoms with Crippen molar-refractivity contribution in [2.75, 3.05) is 13.1 Å². The molecule has 0 aromatic heterocycles. The number of halogens is 1. The number of carbonyl (C=O) groups is 2. The maximum absolute atomic E-state index is 12.2. The van der Waals surface area contributed by atoms with E-state index in [0.29, 0.717) is 11.6 Å². The predicted octanol–water partition coefficient (Wildman–Crippen LogP) is 2.48. The molecule has 1 aliphatic rings. The highest BCUT2D eigenvalue weighted by Gasteiger charge is 2.45. The molecule has 5 heteroatoms. The number of amides is 2. The van der Waals surface area contributed by atoms with Crippen LogP contribution in [0.5, 0.6) is 0 Å². The number of nitrogens with one attached hydrogen (secondary N) is 1. The summed E-state index contributed by atoms with van der Waals surface area (Å²) in [7, 11) is 0. The molecule has 0 saturated heterocycles. The van der Waals surface area contributed by atoms with Crippen LogP contribution in [0.1, 0.15) is 25.3 Å². The van der Waals surface area contributed by atoms with Crippen LogP contribution >= 0.6 is 11.6 Å². The van der Waals surface area contributed by atoms with E-state index in [-0.39, 0.29) is 23.9 Å². The molecule has 1 aliphatic carbocycles. The SMILES string of the molecule is C=CC(=O)N(CC)CC(=O)NC1(c2cccc(Cl)c2)CC1. The van der Waals surface area contributed by atoms with Crippen molar-refractivity contribution < 1.29 is 9.59 Å². The summed E-state index contributed by atoms with van der Waals surface area (Å²) in [5.41, 5.74) is 0.694. The first-order chi connectivity index (χ1) is 10.0. The average molecular weight is 307 g/mol. The number of hydrogen-bond donors (Lipinski definition) is 1. The Labute approximate surface area is 129 Å². The van der Waals surface area contributed by atoms with Gasteiger partial charge in [0.2, 0.25) is 11.8 Å². The number of likely N-dealkylation sites (N-methyl/N-ethyl adjacent to an activating group) is 1.